The Bertz CT molecular complexity index is 280. The fourth-order valence-corrected chi connectivity index (χ4v) is 0.898. The fourth-order valence-electron chi connectivity index (χ4n) is 0.426. The van der Waals surface area contributed by atoms with Gasteiger partial charge >= 0.3 is 11.9 Å². The van der Waals surface area contributed by atoms with Crippen LogP contribution >= 0.6 is 0 Å². The van der Waals surface area contributed by atoms with Crippen molar-refractivity contribution in [3.05, 3.63) is 0 Å². The molecule has 0 aliphatic rings. The molecule has 70 valence electrons. The number of aliphatic carboxylic acids is 1. The highest BCUT2D eigenvalue weighted by Gasteiger charge is 2.10. The summed E-state index contributed by atoms with van der Waals surface area (Å²) in [5.41, 5.74) is 0. The maximum absolute atomic E-state index is 10.5. The molecule has 0 saturated heterocycles. The molecule has 1 amide bonds. The number of rotatable bonds is 3. The summed E-state index contributed by atoms with van der Waals surface area (Å²) in [6, 6.07) is 0. The quantitative estimate of drug-likeness (QED) is 0.519. The monoisotopic (exact) mass is 195 g/mol. The molecule has 0 aromatic carbocycles. The smallest absolute Gasteiger partial charge is 0.394 e. The van der Waals surface area contributed by atoms with Crippen molar-refractivity contribution in [1.82, 2.24) is 5.32 Å². The summed E-state index contributed by atoms with van der Waals surface area (Å²) in [7, 11) is -3.15. The molecule has 6 nitrogen and oxygen atoms in total. The van der Waals surface area contributed by atoms with Gasteiger partial charge in [0, 0.05) is 12.8 Å². The Labute approximate surface area is 69.5 Å². The zero-order valence-corrected chi connectivity index (χ0v) is 7.22. The number of sulfone groups is 1. The summed E-state index contributed by atoms with van der Waals surface area (Å²) < 4.78 is 21.0. The largest absolute Gasteiger partial charge is 0.474 e. The molecule has 0 unspecified atom stereocenters. The minimum atomic E-state index is -3.15. The van der Waals surface area contributed by atoms with Crippen LogP contribution in [0.15, 0.2) is 0 Å². The van der Waals surface area contributed by atoms with Crippen LogP contribution in [0.25, 0.3) is 0 Å². The number of carboxylic acids is 1. The normalized spacial score (nSPS) is 10.8. The zero-order chi connectivity index (χ0) is 9.78. The summed E-state index contributed by atoms with van der Waals surface area (Å²) >= 11 is 0. The molecule has 0 aromatic rings. The molecule has 0 fully saturated rings. The molecule has 0 aromatic heterocycles. The van der Waals surface area contributed by atoms with E-state index in [1.54, 1.807) is 0 Å². The highest BCUT2D eigenvalue weighted by molar-refractivity contribution is 7.90. The molecule has 2 N–H and O–H groups in total. The van der Waals surface area contributed by atoms with E-state index in [9.17, 15) is 18.0 Å². The molecular weight excluding hydrogens is 186 g/mol. The highest BCUT2D eigenvalue weighted by Crippen LogP contribution is 1.79. The van der Waals surface area contributed by atoms with E-state index in [-0.39, 0.29) is 12.3 Å². The first-order valence-electron chi connectivity index (χ1n) is 3.02. The van der Waals surface area contributed by atoms with E-state index in [0.717, 1.165) is 6.26 Å². The Morgan fingerprint density at radius 3 is 2.25 bits per heavy atom. The first-order chi connectivity index (χ1) is 5.33. The third-order valence-corrected chi connectivity index (χ3v) is 1.90. The Morgan fingerprint density at radius 2 is 1.92 bits per heavy atom. The van der Waals surface area contributed by atoms with Crippen LogP contribution in [-0.4, -0.2) is 44.0 Å². The first-order valence-corrected chi connectivity index (χ1v) is 5.08. The minimum Gasteiger partial charge on any atom is -0.474 e. The second-order valence-electron chi connectivity index (χ2n) is 2.19. The third kappa shape index (κ3) is 5.66. The standard InChI is InChI=1S/C5H9NO5S/c1-12(10,11)3-2-6-4(7)5(8)9/h2-3H2,1H3,(H,6,7)(H,8,9). The van der Waals surface area contributed by atoms with Crippen LogP contribution in [0.2, 0.25) is 0 Å². The van der Waals surface area contributed by atoms with Crippen molar-refractivity contribution in [3.8, 4) is 0 Å². The van der Waals surface area contributed by atoms with Gasteiger partial charge in [0.15, 0.2) is 0 Å². The number of carbonyl (C=O) groups excluding carboxylic acids is 1. The van der Waals surface area contributed by atoms with Crippen molar-refractivity contribution in [3.63, 3.8) is 0 Å². The molecule has 12 heavy (non-hydrogen) atoms. The van der Waals surface area contributed by atoms with E-state index in [1.807, 2.05) is 5.32 Å². The lowest BCUT2D eigenvalue weighted by Crippen LogP contribution is -2.34. The van der Waals surface area contributed by atoms with Gasteiger partial charge in [-0.25, -0.2) is 13.2 Å². The highest BCUT2D eigenvalue weighted by atomic mass is 32.2. The number of hydrogen-bond donors (Lipinski definition) is 2. The van der Waals surface area contributed by atoms with Gasteiger partial charge in [0.05, 0.1) is 5.75 Å². The second kappa shape index (κ2) is 4.05. The van der Waals surface area contributed by atoms with Crippen LogP contribution < -0.4 is 5.32 Å². The maximum atomic E-state index is 10.5. The Balaban J connectivity index is 3.73. The van der Waals surface area contributed by atoms with Gasteiger partial charge in [-0.15, -0.1) is 0 Å². The zero-order valence-electron chi connectivity index (χ0n) is 6.40. The van der Waals surface area contributed by atoms with Crippen molar-refractivity contribution in [2.45, 2.75) is 0 Å². The van der Waals surface area contributed by atoms with E-state index >= 15 is 0 Å². The summed E-state index contributed by atoms with van der Waals surface area (Å²) in [5.74, 6) is -3.08. The number of carboxylic acid groups (broad SMARTS) is 1. The second-order valence-corrected chi connectivity index (χ2v) is 4.45. The van der Waals surface area contributed by atoms with Crippen molar-refractivity contribution in [2.24, 2.45) is 0 Å². The average Bonchev–Trinajstić information content (AvgIpc) is 1.84. The van der Waals surface area contributed by atoms with Crippen LogP contribution in [0.4, 0.5) is 0 Å². The molecule has 0 bridgehead atoms. The Morgan fingerprint density at radius 1 is 1.42 bits per heavy atom. The molecular formula is C5H9NO5S. The van der Waals surface area contributed by atoms with Crippen molar-refractivity contribution < 1.29 is 23.1 Å². The van der Waals surface area contributed by atoms with Gasteiger partial charge in [0.2, 0.25) is 0 Å². The van der Waals surface area contributed by atoms with Crippen molar-refractivity contribution in [2.75, 3.05) is 18.6 Å². The lowest BCUT2D eigenvalue weighted by atomic mass is 10.6. The fraction of sp³-hybridized carbons (Fsp3) is 0.600. The van der Waals surface area contributed by atoms with Crippen LogP contribution in [0.5, 0.6) is 0 Å². The SMILES string of the molecule is CS(=O)(=O)CCNC(=O)C(=O)O. The van der Waals surface area contributed by atoms with E-state index in [0.29, 0.717) is 0 Å². The summed E-state index contributed by atoms with van der Waals surface area (Å²) in [5, 5.41) is 9.97. The molecule has 0 aliphatic carbocycles. The molecule has 0 aliphatic heterocycles. The van der Waals surface area contributed by atoms with Crippen LogP contribution in [-0.2, 0) is 19.4 Å². The number of amides is 1. The van der Waals surface area contributed by atoms with Crippen molar-refractivity contribution >= 4 is 21.7 Å². The average molecular weight is 195 g/mol. The topological polar surface area (TPSA) is 101 Å². The minimum absolute atomic E-state index is 0.177. The molecule has 0 rings (SSSR count). The van der Waals surface area contributed by atoms with E-state index in [1.165, 1.54) is 0 Å². The van der Waals surface area contributed by atoms with Crippen molar-refractivity contribution in [1.29, 1.82) is 0 Å². The van der Waals surface area contributed by atoms with E-state index < -0.39 is 21.7 Å². The molecule has 0 saturated carbocycles. The molecule has 0 heterocycles. The van der Waals surface area contributed by atoms with Gasteiger partial charge in [-0.2, -0.15) is 0 Å². The molecule has 7 heteroatoms. The van der Waals surface area contributed by atoms with Gasteiger partial charge in [-0.1, -0.05) is 0 Å². The number of carbonyl (C=O) groups is 2. The summed E-state index contributed by atoms with van der Waals surface area (Å²) in [4.78, 5) is 20.2. The lowest BCUT2D eigenvalue weighted by Gasteiger charge is -1.99. The first kappa shape index (κ1) is 10.9. The summed E-state index contributed by atoms with van der Waals surface area (Å²) in [6.45, 7) is -0.177. The van der Waals surface area contributed by atoms with Crippen LogP contribution in [0, 0.1) is 0 Å². The van der Waals surface area contributed by atoms with Gasteiger partial charge in [0.1, 0.15) is 9.84 Å². The predicted molar refractivity (Wildman–Crippen MR) is 40.4 cm³/mol. The van der Waals surface area contributed by atoms with Gasteiger partial charge < -0.3 is 10.4 Å². The van der Waals surface area contributed by atoms with Gasteiger partial charge in [-0.05, 0) is 0 Å². The van der Waals surface area contributed by atoms with Gasteiger partial charge in [-0.3, -0.25) is 4.79 Å². The molecule has 0 radical (unpaired) electrons. The molecule has 0 atom stereocenters. The maximum Gasteiger partial charge on any atom is 0.394 e. The van der Waals surface area contributed by atoms with E-state index in [2.05, 4.69) is 0 Å². The van der Waals surface area contributed by atoms with Crippen LogP contribution in [0.3, 0.4) is 0 Å². The number of hydrogen-bond acceptors (Lipinski definition) is 4. The van der Waals surface area contributed by atoms with Crippen LogP contribution in [0.1, 0.15) is 0 Å². The Hall–Kier alpha value is -1.11. The van der Waals surface area contributed by atoms with Gasteiger partial charge in [0.25, 0.3) is 0 Å². The van der Waals surface area contributed by atoms with E-state index in [4.69, 9.17) is 5.11 Å². The number of nitrogens with one attached hydrogen (secondary N) is 1. The lowest BCUT2D eigenvalue weighted by molar-refractivity contribution is -0.150. The molecule has 0 spiro atoms. The third-order valence-electron chi connectivity index (χ3n) is 0.953. The predicted octanol–water partition coefficient (Wildman–Crippen LogP) is -1.77. The Kier molecular flexibility index (Phi) is 3.68. The summed E-state index contributed by atoms with van der Waals surface area (Å²) in [6.07, 6.45) is 1.000.